The Bertz CT molecular complexity index is 725. The Hall–Kier alpha value is -3.02. The minimum Gasteiger partial charge on any atom is -0.289 e. The lowest BCUT2D eigenvalue weighted by Crippen LogP contribution is -2.22. The average molecular weight is 282 g/mol. The van der Waals surface area contributed by atoms with Gasteiger partial charge in [-0.05, 0) is 23.6 Å². The molecule has 2 N–H and O–H groups in total. The zero-order valence-corrected chi connectivity index (χ0v) is 11.0. The van der Waals surface area contributed by atoms with Crippen LogP contribution in [0.4, 0.5) is 0 Å². The molecule has 104 valence electrons. The Labute approximate surface area is 119 Å². The van der Waals surface area contributed by atoms with Crippen LogP contribution in [0, 0.1) is 6.92 Å². The average Bonchev–Trinajstić information content (AvgIpc) is 2.92. The van der Waals surface area contributed by atoms with Crippen molar-refractivity contribution in [3.63, 3.8) is 0 Å². The maximum Gasteiger partial charge on any atom is 0.258 e. The molecule has 0 aromatic heterocycles. The van der Waals surface area contributed by atoms with Crippen molar-refractivity contribution in [3.8, 4) is 0 Å². The lowest BCUT2D eigenvalue weighted by atomic mass is 9.92. The van der Waals surface area contributed by atoms with Gasteiger partial charge in [-0.2, -0.15) is 0 Å². The summed E-state index contributed by atoms with van der Waals surface area (Å²) in [5.74, 6) is -1.87. The van der Waals surface area contributed by atoms with Gasteiger partial charge < -0.3 is 0 Å². The smallest absolute Gasteiger partial charge is 0.258 e. The first-order chi connectivity index (χ1) is 9.97. The van der Waals surface area contributed by atoms with Crippen LogP contribution < -0.4 is 10.6 Å². The number of hydrogen-bond acceptors (Lipinski definition) is 4. The predicted molar refractivity (Wildman–Crippen MR) is 73.4 cm³/mol. The Morgan fingerprint density at radius 1 is 0.762 bits per heavy atom. The van der Waals surface area contributed by atoms with Crippen molar-refractivity contribution in [1.29, 1.82) is 0 Å². The van der Waals surface area contributed by atoms with Crippen LogP contribution in [0.3, 0.4) is 0 Å². The zero-order valence-electron chi connectivity index (χ0n) is 11.0. The highest BCUT2D eigenvalue weighted by atomic mass is 16.2. The first kappa shape index (κ1) is 13.0. The first-order valence-electron chi connectivity index (χ1n) is 6.22. The normalized spacial score (nSPS) is 17.6. The maximum absolute atomic E-state index is 11.7. The lowest BCUT2D eigenvalue weighted by molar-refractivity contribution is -0.124. The maximum atomic E-state index is 11.7. The first-order valence-corrected chi connectivity index (χ1v) is 6.22. The topological polar surface area (TPSA) is 92.3 Å². The van der Waals surface area contributed by atoms with Crippen molar-refractivity contribution in [2.24, 2.45) is 0 Å². The van der Waals surface area contributed by atoms with Crippen molar-refractivity contribution in [2.75, 3.05) is 0 Å². The molecule has 2 aliphatic rings. The van der Waals surface area contributed by atoms with Crippen LogP contribution in [0.25, 0.3) is 11.1 Å². The standard InChI is InChI=1S/C15H10N2O4/c1-7-8(10-5-12(18)16-14(10)20)3-2-4-9(7)11-6-13(19)17-15(11)21/h2-6H,1H3,(H,16,18,20)(H,17,19,21). The van der Waals surface area contributed by atoms with Gasteiger partial charge in [0, 0.05) is 12.2 Å². The predicted octanol–water partition coefficient (Wildman–Crippen LogP) is 0.0746. The second kappa shape index (κ2) is 4.52. The monoisotopic (exact) mass is 282 g/mol. The van der Waals surface area contributed by atoms with E-state index in [4.69, 9.17) is 0 Å². The molecule has 0 fully saturated rings. The number of rotatable bonds is 2. The molecule has 0 radical (unpaired) electrons. The second-order valence-electron chi connectivity index (χ2n) is 4.73. The van der Waals surface area contributed by atoms with Gasteiger partial charge in [-0.25, -0.2) is 0 Å². The molecule has 0 saturated heterocycles. The summed E-state index contributed by atoms with van der Waals surface area (Å²) in [6.45, 7) is 1.73. The second-order valence-corrected chi connectivity index (χ2v) is 4.73. The van der Waals surface area contributed by atoms with Crippen LogP contribution in [0.2, 0.25) is 0 Å². The van der Waals surface area contributed by atoms with Crippen LogP contribution >= 0.6 is 0 Å². The van der Waals surface area contributed by atoms with Gasteiger partial charge in [-0.1, -0.05) is 18.2 Å². The van der Waals surface area contributed by atoms with E-state index in [2.05, 4.69) is 10.6 Å². The van der Waals surface area contributed by atoms with Gasteiger partial charge in [0.15, 0.2) is 0 Å². The molecule has 0 spiro atoms. The molecule has 2 aliphatic heterocycles. The van der Waals surface area contributed by atoms with E-state index >= 15 is 0 Å². The third kappa shape index (κ3) is 2.06. The molecule has 6 nitrogen and oxygen atoms in total. The summed E-state index contributed by atoms with van der Waals surface area (Å²) < 4.78 is 0. The molecule has 0 aliphatic carbocycles. The molecule has 1 aromatic carbocycles. The molecular formula is C15H10N2O4. The summed E-state index contributed by atoms with van der Waals surface area (Å²) in [6.07, 6.45) is 2.45. The van der Waals surface area contributed by atoms with Crippen molar-refractivity contribution >= 4 is 34.8 Å². The van der Waals surface area contributed by atoms with Crippen LogP contribution in [-0.4, -0.2) is 23.6 Å². The van der Waals surface area contributed by atoms with Crippen LogP contribution in [0.5, 0.6) is 0 Å². The van der Waals surface area contributed by atoms with Crippen LogP contribution in [0.15, 0.2) is 30.4 Å². The number of amides is 4. The van der Waals surface area contributed by atoms with E-state index in [0.29, 0.717) is 16.7 Å². The van der Waals surface area contributed by atoms with E-state index < -0.39 is 23.6 Å². The van der Waals surface area contributed by atoms with E-state index in [1.165, 1.54) is 12.2 Å². The summed E-state index contributed by atoms with van der Waals surface area (Å²) in [5, 5.41) is 4.36. The Morgan fingerprint density at radius 2 is 1.19 bits per heavy atom. The van der Waals surface area contributed by atoms with E-state index in [-0.39, 0.29) is 11.1 Å². The van der Waals surface area contributed by atoms with Gasteiger partial charge >= 0.3 is 0 Å². The highest BCUT2D eigenvalue weighted by molar-refractivity contribution is 6.35. The summed E-state index contributed by atoms with van der Waals surface area (Å²) >= 11 is 0. The van der Waals surface area contributed by atoms with E-state index in [9.17, 15) is 19.2 Å². The molecule has 0 bridgehead atoms. The van der Waals surface area contributed by atoms with Gasteiger partial charge in [-0.15, -0.1) is 0 Å². The van der Waals surface area contributed by atoms with Crippen molar-refractivity contribution in [1.82, 2.24) is 10.6 Å². The Balaban J connectivity index is 2.13. The summed E-state index contributed by atoms with van der Waals surface area (Å²) in [6, 6.07) is 5.06. The minimum atomic E-state index is -0.471. The fourth-order valence-electron chi connectivity index (χ4n) is 2.44. The fraction of sp³-hybridized carbons (Fsp3) is 0.0667. The summed E-state index contributed by atoms with van der Waals surface area (Å²) in [7, 11) is 0. The third-order valence-electron chi connectivity index (χ3n) is 3.43. The van der Waals surface area contributed by atoms with E-state index in [1.807, 2.05) is 0 Å². The van der Waals surface area contributed by atoms with Crippen molar-refractivity contribution in [3.05, 3.63) is 47.0 Å². The van der Waals surface area contributed by atoms with Gasteiger partial charge in [0.05, 0.1) is 11.1 Å². The zero-order chi connectivity index (χ0) is 15.1. The number of nitrogens with one attached hydrogen (secondary N) is 2. The Kier molecular flexibility index (Phi) is 2.79. The van der Waals surface area contributed by atoms with Crippen LogP contribution in [-0.2, 0) is 19.2 Å². The molecule has 0 saturated carbocycles. The van der Waals surface area contributed by atoms with E-state index in [0.717, 1.165) is 0 Å². The Morgan fingerprint density at radius 3 is 1.52 bits per heavy atom. The minimum absolute atomic E-state index is 0.254. The number of hydrogen-bond donors (Lipinski definition) is 2. The largest absolute Gasteiger partial charge is 0.289 e. The highest BCUT2D eigenvalue weighted by Gasteiger charge is 2.27. The summed E-state index contributed by atoms with van der Waals surface area (Å²) in [5.41, 5.74) is 2.28. The van der Waals surface area contributed by atoms with Gasteiger partial charge in [0.2, 0.25) is 0 Å². The number of imide groups is 2. The molecule has 0 unspecified atom stereocenters. The van der Waals surface area contributed by atoms with Gasteiger partial charge in [-0.3, -0.25) is 29.8 Å². The molecule has 6 heteroatoms. The van der Waals surface area contributed by atoms with Crippen LogP contribution in [0.1, 0.15) is 16.7 Å². The SMILES string of the molecule is Cc1c(C2=CC(=O)NC2=O)cccc1C1=CC(=O)NC1=O. The number of carbonyl (C=O) groups is 4. The van der Waals surface area contributed by atoms with Crippen molar-refractivity contribution in [2.45, 2.75) is 6.92 Å². The molecule has 0 atom stereocenters. The lowest BCUT2D eigenvalue weighted by Gasteiger charge is -2.11. The molecular weight excluding hydrogens is 272 g/mol. The molecule has 21 heavy (non-hydrogen) atoms. The molecule has 3 rings (SSSR count). The third-order valence-corrected chi connectivity index (χ3v) is 3.43. The molecule has 4 amide bonds. The van der Waals surface area contributed by atoms with E-state index in [1.54, 1.807) is 25.1 Å². The fourth-order valence-corrected chi connectivity index (χ4v) is 2.44. The van der Waals surface area contributed by atoms with Crippen molar-refractivity contribution < 1.29 is 19.2 Å². The molecule has 1 aromatic rings. The number of benzene rings is 1. The quantitative estimate of drug-likeness (QED) is 0.751. The molecule has 2 heterocycles. The summed E-state index contributed by atoms with van der Waals surface area (Å²) in [4.78, 5) is 46.0. The van der Waals surface area contributed by atoms with Gasteiger partial charge in [0.25, 0.3) is 23.6 Å². The van der Waals surface area contributed by atoms with Gasteiger partial charge in [0.1, 0.15) is 0 Å². The highest BCUT2D eigenvalue weighted by Crippen LogP contribution is 2.29. The number of carbonyl (C=O) groups excluding carboxylic acids is 4.